The molecule has 1 aromatic rings. The van der Waals surface area contributed by atoms with Crippen LogP contribution in [0.15, 0.2) is 18.2 Å². The Hall–Kier alpha value is -2.22. The molecule has 108 valence electrons. The summed E-state index contributed by atoms with van der Waals surface area (Å²) in [7, 11) is 0. The number of alkyl carbamates (subject to hydrolysis) is 1. The average molecular weight is 275 g/mol. The maximum Gasteiger partial charge on any atom is 0.407 e. The second-order valence-corrected chi connectivity index (χ2v) is 5.50. The van der Waals surface area contributed by atoms with Gasteiger partial charge in [-0.25, -0.2) is 4.79 Å². The van der Waals surface area contributed by atoms with E-state index in [1.807, 2.05) is 33.8 Å². The van der Waals surface area contributed by atoms with Gasteiger partial charge < -0.3 is 15.4 Å². The normalized spacial score (nSPS) is 10.6. The molecule has 0 unspecified atom stereocenters. The number of anilines is 1. The summed E-state index contributed by atoms with van der Waals surface area (Å²) in [5.41, 5.74) is 2.07. The molecule has 1 rings (SSSR count). The number of nitriles is 1. The number of nitrogens with one attached hydrogen (secondary N) is 2. The number of carbonyl (C=O) groups excluding carboxylic acids is 1. The number of rotatable bonds is 4. The van der Waals surface area contributed by atoms with E-state index in [2.05, 4.69) is 16.7 Å². The maximum atomic E-state index is 11.4. The zero-order chi connectivity index (χ0) is 15.2. The Labute approximate surface area is 119 Å². The molecule has 1 aromatic carbocycles. The molecule has 0 fully saturated rings. The van der Waals surface area contributed by atoms with E-state index in [-0.39, 0.29) is 0 Å². The minimum absolute atomic E-state index is 0.429. The van der Waals surface area contributed by atoms with Gasteiger partial charge in [-0.05, 0) is 45.4 Å². The first-order chi connectivity index (χ1) is 9.31. The van der Waals surface area contributed by atoms with Crippen LogP contribution in [0.2, 0.25) is 0 Å². The first kappa shape index (κ1) is 15.8. The van der Waals surface area contributed by atoms with E-state index in [1.54, 1.807) is 12.1 Å². The molecule has 0 aliphatic carbocycles. The van der Waals surface area contributed by atoms with Crippen molar-refractivity contribution in [2.45, 2.75) is 33.3 Å². The van der Waals surface area contributed by atoms with E-state index in [0.29, 0.717) is 18.7 Å². The fourth-order valence-electron chi connectivity index (χ4n) is 1.56. The van der Waals surface area contributed by atoms with Gasteiger partial charge in [0.15, 0.2) is 0 Å². The maximum absolute atomic E-state index is 11.4. The van der Waals surface area contributed by atoms with Gasteiger partial charge in [0.2, 0.25) is 0 Å². The Bertz CT molecular complexity index is 513. The quantitative estimate of drug-likeness (QED) is 0.829. The predicted octanol–water partition coefficient (Wildman–Crippen LogP) is 2.80. The van der Waals surface area contributed by atoms with Crippen molar-refractivity contribution in [3.05, 3.63) is 29.3 Å². The topological polar surface area (TPSA) is 74.2 Å². The summed E-state index contributed by atoms with van der Waals surface area (Å²) in [4.78, 5) is 11.4. The van der Waals surface area contributed by atoms with Crippen molar-refractivity contribution in [1.82, 2.24) is 5.32 Å². The molecule has 1 amide bonds. The molecule has 0 radical (unpaired) electrons. The fraction of sp³-hybridized carbons (Fsp3) is 0.467. The van der Waals surface area contributed by atoms with E-state index in [1.165, 1.54) is 0 Å². The SMILES string of the molecule is Cc1ccc(C#N)cc1NCCNC(=O)OC(C)(C)C. The molecule has 0 spiro atoms. The van der Waals surface area contributed by atoms with Crippen LogP contribution in [0.1, 0.15) is 31.9 Å². The largest absolute Gasteiger partial charge is 0.444 e. The van der Waals surface area contributed by atoms with E-state index >= 15 is 0 Å². The van der Waals surface area contributed by atoms with Gasteiger partial charge in [-0.3, -0.25) is 0 Å². The van der Waals surface area contributed by atoms with E-state index in [4.69, 9.17) is 10.00 Å². The lowest BCUT2D eigenvalue weighted by atomic mass is 10.1. The van der Waals surface area contributed by atoms with Crippen molar-refractivity contribution in [2.75, 3.05) is 18.4 Å². The Balaban J connectivity index is 2.38. The van der Waals surface area contributed by atoms with E-state index in [0.717, 1.165) is 11.3 Å². The van der Waals surface area contributed by atoms with Crippen LogP contribution in [-0.2, 0) is 4.74 Å². The van der Waals surface area contributed by atoms with Crippen LogP contribution >= 0.6 is 0 Å². The molecule has 0 saturated carbocycles. The van der Waals surface area contributed by atoms with Crippen LogP contribution in [0.5, 0.6) is 0 Å². The highest BCUT2D eigenvalue weighted by atomic mass is 16.6. The summed E-state index contributed by atoms with van der Waals surface area (Å²) in [6.45, 7) is 8.44. The Morgan fingerprint density at radius 2 is 2.05 bits per heavy atom. The summed E-state index contributed by atoms with van der Waals surface area (Å²) in [6, 6.07) is 7.56. The van der Waals surface area contributed by atoms with Crippen molar-refractivity contribution in [2.24, 2.45) is 0 Å². The summed E-state index contributed by atoms with van der Waals surface area (Å²) in [6.07, 6.45) is -0.429. The van der Waals surface area contributed by atoms with Gasteiger partial charge in [-0.15, -0.1) is 0 Å². The van der Waals surface area contributed by atoms with Gasteiger partial charge in [0.1, 0.15) is 5.60 Å². The van der Waals surface area contributed by atoms with Crippen LogP contribution in [0.3, 0.4) is 0 Å². The van der Waals surface area contributed by atoms with Gasteiger partial charge >= 0.3 is 6.09 Å². The number of amides is 1. The third kappa shape index (κ3) is 5.61. The van der Waals surface area contributed by atoms with Crippen molar-refractivity contribution in [3.63, 3.8) is 0 Å². The number of benzene rings is 1. The minimum Gasteiger partial charge on any atom is -0.444 e. The third-order valence-electron chi connectivity index (χ3n) is 2.48. The van der Waals surface area contributed by atoms with Gasteiger partial charge in [0, 0.05) is 18.8 Å². The molecule has 0 bridgehead atoms. The lowest BCUT2D eigenvalue weighted by Crippen LogP contribution is -2.35. The second kappa shape index (κ2) is 6.80. The Morgan fingerprint density at radius 3 is 2.65 bits per heavy atom. The van der Waals surface area contributed by atoms with Crippen LogP contribution in [0.25, 0.3) is 0 Å². The molecule has 0 heterocycles. The standard InChI is InChI=1S/C15H21N3O2/c1-11-5-6-12(10-16)9-13(11)17-7-8-18-14(19)20-15(2,3)4/h5-6,9,17H,7-8H2,1-4H3,(H,18,19). The summed E-state index contributed by atoms with van der Waals surface area (Å²) < 4.78 is 5.13. The predicted molar refractivity (Wildman–Crippen MR) is 78.6 cm³/mol. The highest BCUT2D eigenvalue weighted by Gasteiger charge is 2.15. The first-order valence-corrected chi connectivity index (χ1v) is 6.53. The van der Waals surface area contributed by atoms with Crippen LogP contribution < -0.4 is 10.6 Å². The average Bonchev–Trinajstić information content (AvgIpc) is 2.34. The number of hydrogen-bond acceptors (Lipinski definition) is 4. The molecule has 0 aliphatic heterocycles. The van der Waals surface area contributed by atoms with Gasteiger partial charge in [0.25, 0.3) is 0 Å². The van der Waals surface area contributed by atoms with Crippen LogP contribution in [0, 0.1) is 18.3 Å². The van der Waals surface area contributed by atoms with Gasteiger partial charge in [0.05, 0.1) is 11.6 Å². The summed E-state index contributed by atoms with van der Waals surface area (Å²) in [5, 5.41) is 14.7. The van der Waals surface area contributed by atoms with Gasteiger partial charge in [-0.1, -0.05) is 6.07 Å². The molecule has 0 saturated heterocycles. The molecule has 5 nitrogen and oxygen atoms in total. The lowest BCUT2D eigenvalue weighted by molar-refractivity contribution is 0.0530. The van der Waals surface area contributed by atoms with Crippen molar-refractivity contribution < 1.29 is 9.53 Å². The van der Waals surface area contributed by atoms with Crippen LogP contribution in [0.4, 0.5) is 10.5 Å². The Kier molecular flexibility index (Phi) is 5.39. The molecular weight excluding hydrogens is 254 g/mol. The molecule has 5 heteroatoms. The highest BCUT2D eigenvalue weighted by Crippen LogP contribution is 2.15. The van der Waals surface area contributed by atoms with Crippen molar-refractivity contribution in [3.8, 4) is 6.07 Å². The zero-order valence-corrected chi connectivity index (χ0v) is 12.4. The number of ether oxygens (including phenoxy) is 1. The lowest BCUT2D eigenvalue weighted by Gasteiger charge is -2.19. The summed E-state index contributed by atoms with van der Waals surface area (Å²) >= 11 is 0. The first-order valence-electron chi connectivity index (χ1n) is 6.53. The number of hydrogen-bond donors (Lipinski definition) is 2. The van der Waals surface area contributed by atoms with Crippen molar-refractivity contribution >= 4 is 11.8 Å². The summed E-state index contributed by atoms with van der Waals surface area (Å²) in [5.74, 6) is 0. The number of carbonyl (C=O) groups is 1. The van der Waals surface area contributed by atoms with Crippen LogP contribution in [-0.4, -0.2) is 24.8 Å². The van der Waals surface area contributed by atoms with E-state index in [9.17, 15) is 4.79 Å². The van der Waals surface area contributed by atoms with E-state index < -0.39 is 11.7 Å². The van der Waals surface area contributed by atoms with Crippen molar-refractivity contribution in [1.29, 1.82) is 5.26 Å². The Morgan fingerprint density at radius 1 is 1.35 bits per heavy atom. The molecule has 0 aliphatic rings. The second-order valence-electron chi connectivity index (χ2n) is 5.50. The molecular formula is C15H21N3O2. The monoisotopic (exact) mass is 275 g/mol. The van der Waals surface area contributed by atoms with Gasteiger partial charge in [-0.2, -0.15) is 5.26 Å². The minimum atomic E-state index is -0.491. The highest BCUT2D eigenvalue weighted by molar-refractivity contribution is 5.67. The number of aryl methyl sites for hydroxylation is 1. The molecule has 0 aromatic heterocycles. The third-order valence-corrected chi connectivity index (χ3v) is 2.48. The zero-order valence-electron chi connectivity index (χ0n) is 12.4. The molecule has 0 atom stereocenters. The molecule has 2 N–H and O–H groups in total. The fourth-order valence-corrected chi connectivity index (χ4v) is 1.56. The number of nitrogens with zero attached hydrogens (tertiary/aromatic N) is 1. The smallest absolute Gasteiger partial charge is 0.407 e. The molecule has 20 heavy (non-hydrogen) atoms.